The SMILES string of the molecule is CC12CCC(CCOc3ccc(C#N)cc3)(O1)C1C(=O)N(c3ccc(C#N)c4ccccc34)C(=O)C12. The second-order valence-electron chi connectivity index (χ2n) is 9.97. The summed E-state index contributed by atoms with van der Waals surface area (Å²) >= 11 is 0. The Bertz CT molecular complexity index is 1500. The second kappa shape index (κ2) is 7.91. The summed E-state index contributed by atoms with van der Waals surface area (Å²) in [5.74, 6) is -0.982. The van der Waals surface area contributed by atoms with Crippen molar-refractivity contribution in [1.29, 1.82) is 10.5 Å². The van der Waals surface area contributed by atoms with E-state index in [-0.39, 0.29) is 11.8 Å². The quantitative estimate of drug-likeness (QED) is 0.502. The van der Waals surface area contributed by atoms with Gasteiger partial charge in [-0.2, -0.15) is 10.5 Å². The van der Waals surface area contributed by atoms with Crippen LogP contribution in [0.25, 0.3) is 10.8 Å². The average Bonchev–Trinajstić information content (AvgIpc) is 3.48. The van der Waals surface area contributed by atoms with Crippen molar-refractivity contribution in [3.8, 4) is 17.9 Å². The minimum absolute atomic E-state index is 0.239. The summed E-state index contributed by atoms with van der Waals surface area (Å²) < 4.78 is 12.4. The van der Waals surface area contributed by atoms with Crippen LogP contribution in [0.15, 0.2) is 60.7 Å². The van der Waals surface area contributed by atoms with Gasteiger partial charge in [0.2, 0.25) is 11.8 Å². The summed E-state index contributed by atoms with van der Waals surface area (Å²) in [6, 6.07) is 21.9. The van der Waals surface area contributed by atoms with Crippen LogP contribution < -0.4 is 9.64 Å². The van der Waals surface area contributed by atoms with E-state index >= 15 is 0 Å². The Morgan fingerprint density at radius 1 is 0.944 bits per heavy atom. The Hall–Kier alpha value is -4.20. The molecule has 3 heterocycles. The maximum absolute atomic E-state index is 13.9. The number of ether oxygens (including phenoxy) is 2. The third-order valence-corrected chi connectivity index (χ3v) is 8.05. The second-order valence-corrected chi connectivity index (χ2v) is 9.97. The monoisotopic (exact) mass is 477 g/mol. The number of imide groups is 1. The van der Waals surface area contributed by atoms with Crippen LogP contribution in [0.1, 0.15) is 37.3 Å². The Morgan fingerprint density at radius 3 is 2.39 bits per heavy atom. The van der Waals surface area contributed by atoms with E-state index in [1.807, 2.05) is 31.2 Å². The summed E-state index contributed by atoms with van der Waals surface area (Å²) in [5.41, 5.74) is 0.0974. The van der Waals surface area contributed by atoms with Crippen molar-refractivity contribution in [3.05, 3.63) is 71.8 Å². The highest BCUT2D eigenvalue weighted by Crippen LogP contribution is 2.62. The number of nitrogens with zero attached hydrogens (tertiary/aromatic N) is 3. The number of carbonyl (C=O) groups excluding carboxylic acids is 2. The lowest BCUT2D eigenvalue weighted by molar-refractivity contribution is -0.131. The molecule has 3 aromatic carbocycles. The van der Waals surface area contributed by atoms with Gasteiger partial charge >= 0.3 is 0 Å². The summed E-state index contributed by atoms with van der Waals surface area (Å²) in [6.45, 7) is 2.26. The molecular formula is C29H23N3O4. The number of benzene rings is 3. The first-order valence-corrected chi connectivity index (χ1v) is 12.0. The lowest BCUT2D eigenvalue weighted by Crippen LogP contribution is -2.43. The molecule has 0 saturated carbocycles. The number of anilines is 1. The predicted molar refractivity (Wildman–Crippen MR) is 131 cm³/mol. The minimum atomic E-state index is -0.768. The molecule has 0 spiro atoms. The number of carbonyl (C=O) groups is 2. The van der Waals surface area contributed by atoms with E-state index in [1.54, 1.807) is 36.4 Å². The third-order valence-electron chi connectivity index (χ3n) is 8.05. The van der Waals surface area contributed by atoms with Crippen LogP contribution in [0.3, 0.4) is 0 Å². The highest BCUT2D eigenvalue weighted by Gasteiger charge is 2.73. The Morgan fingerprint density at radius 2 is 1.67 bits per heavy atom. The molecule has 0 N–H and O–H groups in total. The summed E-state index contributed by atoms with van der Waals surface area (Å²) in [4.78, 5) is 29.0. The van der Waals surface area contributed by atoms with Gasteiger partial charge in [-0.1, -0.05) is 24.3 Å². The van der Waals surface area contributed by atoms with Crippen LogP contribution in [-0.4, -0.2) is 29.6 Å². The Labute approximate surface area is 208 Å². The number of fused-ring (bicyclic) bond motifs is 6. The number of amides is 2. The van der Waals surface area contributed by atoms with Crippen molar-refractivity contribution >= 4 is 28.3 Å². The van der Waals surface area contributed by atoms with Crippen molar-refractivity contribution in [3.63, 3.8) is 0 Å². The van der Waals surface area contributed by atoms with Crippen LogP contribution in [0, 0.1) is 34.5 Å². The third kappa shape index (κ3) is 3.07. The van der Waals surface area contributed by atoms with E-state index in [0.29, 0.717) is 59.2 Å². The van der Waals surface area contributed by atoms with E-state index < -0.39 is 23.0 Å². The lowest BCUT2D eigenvalue weighted by atomic mass is 9.67. The summed E-state index contributed by atoms with van der Waals surface area (Å²) in [6.07, 6.45) is 1.86. The largest absolute Gasteiger partial charge is 0.493 e. The first-order valence-electron chi connectivity index (χ1n) is 12.0. The molecule has 3 fully saturated rings. The van der Waals surface area contributed by atoms with E-state index in [4.69, 9.17) is 14.7 Å². The van der Waals surface area contributed by atoms with E-state index in [0.717, 1.165) is 0 Å². The molecule has 2 bridgehead atoms. The predicted octanol–water partition coefficient (Wildman–Crippen LogP) is 4.48. The zero-order valence-corrected chi connectivity index (χ0v) is 19.7. The number of nitriles is 2. The van der Waals surface area contributed by atoms with Crippen molar-refractivity contribution in [2.45, 2.75) is 37.4 Å². The normalized spacial score (nSPS) is 28.2. The topological polar surface area (TPSA) is 103 Å². The standard InChI is InChI=1S/C29H23N3O4/c1-28-12-13-29(36-28,14-15-35-20-9-6-18(16-30)7-10-20)25-24(28)26(33)32(27(25)34)23-11-8-19(17-31)21-4-2-3-5-22(21)23/h2-11,24-25H,12-15H2,1H3. The average molecular weight is 478 g/mol. The van der Waals surface area contributed by atoms with Gasteiger partial charge in [0.05, 0.1) is 58.6 Å². The molecule has 2 amide bonds. The smallest absolute Gasteiger partial charge is 0.240 e. The molecule has 0 radical (unpaired) electrons. The lowest BCUT2D eigenvalue weighted by Gasteiger charge is -2.31. The van der Waals surface area contributed by atoms with Crippen LogP contribution in [-0.2, 0) is 14.3 Å². The van der Waals surface area contributed by atoms with Crippen molar-refractivity contribution in [2.75, 3.05) is 11.5 Å². The Balaban J connectivity index is 1.31. The molecule has 7 heteroatoms. The molecule has 0 aliphatic carbocycles. The number of hydrogen-bond acceptors (Lipinski definition) is 6. The zero-order chi connectivity index (χ0) is 25.1. The molecule has 3 saturated heterocycles. The Kier molecular flexibility index (Phi) is 4.90. The van der Waals surface area contributed by atoms with Gasteiger partial charge in [-0.05, 0) is 56.2 Å². The molecule has 178 valence electrons. The number of hydrogen-bond donors (Lipinski definition) is 0. The highest BCUT2D eigenvalue weighted by atomic mass is 16.5. The van der Waals surface area contributed by atoms with Gasteiger partial charge in [-0.3, -0.25) is 9.59 Å². The van der Waals surface area contributed by atoms with E-state index in [1.165, 1.54) is 4.90 Å². The highest BCUT2D eigenvalue weighted by molar-refractivity contribution is 6.26. The molecule has 3 aliphatic heterocycles. The van der Waals surface area contributed by atoms with Crippen molar-refractivity contribution < 1.29 is 19.1 Å². The fraction of sp³-hybridized carbons (Fsp3) is 0.310. The summed E-state index contributed by atoms with van der Waals surface area (Å²) in [5, 5.41) is 19.9. The molecule has 7 nitrogen and oxygen atoms in total. The molecule has 3 aromatic rings. The van der Waals surface area contributed by atoms with Gasteiger partial charge < -0.3 is 9.47 Å². The summed E-state index contributed by atoms with van der Waals surface area (Å²) in [7, 11) is 0. The maximum atomic E-state index is 13.9. The van der Waals surface area contributed by atoms with Gasteiger partial charge in [0, 0.05) is 17.2 Å². The number of rotatable bonds is 5. The molecule has 0 aromatic heterocycles. The molecule has 4 unspecified atom stereocenters. The zero-order valence-electron chi connectivity index (χ0n) is 19.7. The molecule has 4 atom stereocenters. The first kappa shape index (κ1) is 22.3. The van der Waals surface area contributed by atoms with Crippen LogP contribution in [0.5, 0.6) is 5.75 Å². The van der Waals surface area contributed by atoms with Crippen LogP contribution in [0.2, 0.25) is 0 Å². The van der Waals surface area contributed by atoms with Crippen molar-refractivity contribution in [1.82, 2.24) is 0 Å². The van der Waals surface area contributed by atoms with Gasteiger partial charge in [0.25, 0.3) is 0 Å². The van der Waals surface area contributed by atoms with Gasteiger partial charge in [-0.25, -0.2) is 4.90 Å². The molecule has 3 aliphatic rings. The maximum Gasteiger partial charge on any atom is 0.240 e. The molecule has 36 heavy (non-hydrogen) atoms. The fourth-order valence-electron chi connectivity index (χ4n) is 6.39. The van der Waals surface area contributed by atoms with Crippen LogP contribution >= 0.6 is 0 Å². The molecule has 6 rings (SSSR count). The van der Waals surface area contributed by atoms with Gasteiger partial charge in [-0.15, -0.1) is 0 Å². The fourth-order valence-corrected chi connectivity index (χ4v) is 6.39. The van der Waals surface area contributed by atoms with Crippen LogP contribution in [0.4, 0.5) is 5.69 Å². The first-order chi connectivity index (χ1) is 17.4. The molecular weight excluding hydrogens is 454 g/mol. The minimum Gasteiger partial charge on any atom is -0.493 e. The van der Waals surface area contributed by atoms with E-state index in [9.17, 15) is 14.9 Å². The van der Waals surface area contributed by atoms with Gasteiger partial charge in [0.15, 0.2) is 0 Å². The van der Waals surface area contributed by atoms with Crippen molar-refractivity contribution in [2.24, 2.45) is 11.8 Å². The van der Waals surface area contributed by atoms with Gasteiger partial charge in [0.1, 0.15) is 5.75 Å². The van der Waals surface area contributed by atoms with E-state index in [2.05, 4.69) is 12.1 Å².